The summed E-state index contributed by atoms with van der Waals surface area (Å²) in [6.45, 7) is 0. The van der Waals surface area contributed by atoms with Crippen LogP contribution in [0, 0.1) is 0 Å². The highest BCUT2D eigenvalue weighted by molar-refractivity contribution is 7.92. The fourth-order valence-electron chi connectivity index (χ4n) is 1.46. The normalized spacial score (nSPS) is 11.1. The maximum Gasteiger partial charge on any atom is 0.263 e. The number of sulfonamides is 1. The standard InChI is InChI=1S/C12H10ClN3O2S2/c13-10-5-2-6-15-12(10)16-20(17,18)9-4-1-3-8(7-9)11(14)19/h1-7H,(H2,14,19)(H,15,16). The third kappa shape index (κ3) is 3.24. The number of halogens is 1. The minimum Gasteiger partial charge on any atom is -0.389 e. The third-order valence-corrected chi connectivity index (χ3v) is 4.30. The van der Waals surface area contributed by atoms with Gasteiger partial charge in [0.2, 0.25) is 0 Å². The van der Waals surface area contributed by atoms with Gasteiger partial charge in [-0.1, -0.05) is 36.0 Å². The number of nitrogens with one attached hydrogen (secondary N) is 1. The molecule has 0 aliphatic rings. The van der Waals surface area contributed by atoms with E-state index in [4.69, 9.17) is 29.6 Å². The van der Waals surface area contributed by atoms with Crippen molar-refractivity contribution >= 4 is 44.6 Å². The molecule has 0 aliphatic heterocycles. The van der Waals surface area contributed by atoms with E-state index in [0.29, 0.717) is 5.56 Å². The van der Waals surface area contributed by atoms with Crippen molar-refractivity contribution in [3.8, 4) is 0 Å². The van der Waals surface area contributed by atoms with Crippen molar-refractivity contribution in [1.29, 1.82) is 0 Å². The molecule has 8 heteroatoms. The van der Waals surface area contributed by atoms with Gasteiger partial charge in [0.1, 0.15) is 4.99 Å². The molecule has 2 aromatic rings. The van der Waals surface area contributed by atoms with Gasteiger partial charge in [0.15, 0.2) is 5.82 Å². The summed E-state index contributed by atoms with van der Waals surface area (Å²) in [6, 6.07) is 9.16. The lowest BCUT2D eigenvalue weighted by atomic mass is 10.2. The topological polar surface area (TPSA) is 85.1 Å². The molecule has 0 spiro atoms. The van der Waals surface area contributed by atoms with Gasteiger partial charge in [0.05, 0.1) is 9.92 Å². The Morgan fingerprint density at radius 2 is 2.05 bits per heavy atom. The first kappa shape index (κ1) is 14.7. The van der Waals surface area contributed by atoms with E-state index < -0.39 is 10.0 Å². The van der Waals surface area contributed by atoms with Gasteiger partial charge in [0, 0.05) is 11.8 Å². The van der Waals surface area contributed by atoms with Gasteiger partial charge in [-0.2, -0.15) is 0 Å². The highest BCUT2D eigenvalue weighted by atomic mass is 35.5. The summed E-state index contributed by atoms with van der Waals surface area (Å²) in [6.07, 6.45) is 1.44. The molecule has 0 radical (unpaired) electrons. The molecule has 5 nitrogen and oxygen atoms in total. The Balaban J connectivity index is 2.38. The number of thiocarbonyl (C=S) groups is 1. The van der Waals surface area contributed by atoms with Gasteiger partial charge in [-0.25, -0.2) is 13.4 Å². The fraction of sp³-hybridized carbons (Fsp3) is 0. The van der Waals surface area contributed by atoms with E-state index in [1.807, 2.05) is 0 Å². The molecule has 0 saturated carbocycles. The lowest BCUT2D eigenvalue weighted by molar-refractivity contribution is 0.601. The van der Waals surface area contributed by atoms with Gasteiger partial charge in [-0.05, 0) is 24.3 Å². The molecule has 1 aromatic heterocycles. The first-order valence-corrected chi connectivity index (χ1v) is 7.70. The molecule has 3 N–H and O–H groups in total. The lowest BCUT2D eigenvalue weighted by Gasteiger charge is -2.09. The summed E-state index contributed by atoms with van der Waals surface area (Å²) in [5.74, 6) is 0.0647. The molecule has 20 heavy (non-hydrogen) atoms. The smallest absolute Gasteiger partial charge is 0.263 e. The summed E-state index contributed by atoms with van der Waals surface area (Å²) in [5.41, 5.74) is 5.95. The van der Waals surface area contributed by atoms with Gasteiger partial charge < -0.3 is 5.73 Å². The summed E-state index contributed by atoms with van der Waals surface area (Å²) < 4.78 is 26.8. The van der Waals surface area contributed by atoms with Crippen LogP contribution in [-0.4, -0.2) is 18.4 Å². The van der Waals surface area contributed by atoms with Crippen molar-refractivity contribution in [2.75, 3.05) is 4.72 Å². The molecule has 0 bridgehead atoms. The first-order chi connectivity index (χ1) is 9.40. The Labute approximate surface area is 126 Å². The first-order valence-electron chi connectivity index (χ1n) is 5.43. The van der Waals surface area contributed by atoms with Crippen LogP contribution in [0.3, 0.4) is 0 Å². The van der Waals surface area contributed by atoms with E-state index in [1.54, 1.807) is 18.2 Å². The molecule has 2 rings (SSSR count). The Morgan fingerprint density at radius 3 is 2.70 bits per heavy atom. The monoisotopic (exact) mass is 327 g/mol. The van der Waals surface area contributed by atoms with Crippen molar-refractivity contribution in [3.63, 3.8) is 0 Å². The summed E-state index contributed by atoms with van der Waals surface area (Å²) in [5, 5.41) is 0.210. The second-order valence-electron chi connectivity index (χ2n) is 3.83. The van der Waals surface area contributed by atoms with Crippen molar-refractivity contribution in [2.45, 2.75) is 4.90 Å². The van der Waals surface area contributed by atoms with Crippen molar-refractivity contribution in [2.24, 2.45) is 5.73 Å². The van der Waals surface area contributed by atoms with Crippen LogP contribution in [0.1, 0.15) is 5.56 Å². The maximum absolute atomic E-state index is 12.2. The van der Waals surface area contributed by atoms with Crippen LogP contribution >= 0.6 is 23.8 Å². The van der Waals surface area contributed by atoms with Crippen LogP contribution in [0.4, 0.5) is 5.82 Å². The van der Waals surface area contributed by atoms with Crippen molar-refractivity contribution in [1.82, 2.24) is 4.98 Å². The predicted octanol–water partition coefficient (Wildman–Crippen LogP) is 2.17. The number of nitrogens with zero attached hydrogens (tertiary/aromatic N) is 1. The minimum absolute atomic E-state index is 0.0320. The molecule has 1 heterocycles. The Bertz CT molecular complexity index is 763. The van der Waals surface area contributed by atoms with Crippen LogP contribution < -0.4 is 10.5 Å². The zero-order valence-corrected chi connectivity index (χ0v) is 12.5. The number of hydrogen-bond donors (Lipinski definition) is 2. The molecule has 0 unspecified atom stereocenters. The number of aromatic nitrogens is 1. The van der Waals surface area contributed by atoms with E-state index in [-0.39, 0.29) is 20.7 Å². The molecule has 0 fully saturated rings. The molecular formula is C12H10ClN3O2S2. The predicted molar refractivity (Wildman–Crippen MR) is 82.4 cm³/mol. The molecule has 0 saturated heterocycles. The lowest BCUT2D eigenvalue weighted by Crippen LogP contribution is -2.16. The minimum atomic E-state index is -3.80. The van der Waals surface area contributed by atoms with Gasteiger partial charge in [-0.15, -0.1) is 0 Å². The molecule has 104 valence electrons. The van der Waals surface area contributed by atoms with Crippen LogP contribution in [0.2, 0.25) is 5.02 Å². The van der Waals surface area contributed by atoms with E-state index in [9.17, 15) is 8.42 Å². The molecular weight excluding hydrogens is 318 g/mol. The van der Waals surface area contributed by atoms with Crippen LogP contribution in [0.5, 0.6) is 0 Å². The number of hydrogen-bond acceptors (Lipinski definition) is 4. The quantitative estimate of drug-likeness (QED) is 0.841. The largest absolute Gasteiger partial charge is 0.389 e. The number of anilines is 1. The Morgan fingerprint density at radius 1 is 1.30 bits per heavy atom. The summed E-state index contributed by atoms with van der Waals surface area (Å²) in [7, 11) is -3.80. The number of benzene rings is 1. The summed E-state index contributed by atoms with van der Waals surface area (Å²) in [4.78, 5) is 4.03. The summed E-state index contributed by atoms with van der Waals surface area (Å²) >= 11 is 10.7. The van der Waals surface area contributed by atoms with Crippen LogP contribution in [0.15, 0.2) is 47.5 Å². The number of nitrogens with two attached hydrogens (primary N) is 1. The zero-order valence-electron chi connectivity index (χ0n) is 10.1. The van der Waals surface area contributed by atoms with Crippen molar-refractivity contribution < 1.29 is 8.42 Å². The van der Waals surface area contributed by atoms with E-state index in [1.165, 1.54) is 24.4 Å². The van der Waals surface area contributed by atoms with Crippen LogP contribution in [-0.2, 0) is 10.0 Å². The molecule has 0 aliphatic carbocycles. The fourth-order valence-corrected chi connectivity index (χ4v) is 2.89. The third-order valence-electron chi connectivity index (χ3n) is 2.42. The number of pyridine rings is 1. The van der Waals surface area contributed by atoms with Gasteiger partial charge in [-0.3, -0.25) is 4.72 Å². The van der Waals surface area contributed by atoms with Gasteiger partial charge >= 0.3 is 0 Å². The van der Waals surface area contributed by atoms with Gasteiger partial charge in [0.25, 0.3) is 10.0 Å². The average molecular weight is 328 g/mol. The SMILES string of the molecule is NC(=S)c1cccc(S(=O)(=O)Nc2ncccc2Cl)c1. The highest BCUT2D eigenvalue weighted by Crippen LogP contribution is 2.21. The van der Waals surface area contributed by atoms with E-state index in [2.05, 4.69) is 9.71 Å². The second kappa shape index (κ2) is 5.74. The van der Waals surface area contributed by atoms with Crippen LogP contribution in [0.25, 0.3) is 0 Å². The average Bonchev–Trinajstić information content (AvgIpc) is 2.41. The molecule has 0 atom stereocenters. The number of rotatable bonds is 4. The van der Waals surface area contributed by atoms with E-state index in [0.717, 1.165) is 0 Å². The van der Waals surface area contributed by atoms with Crippen molar-refractivity contribution in [3.05, 3.63) is 53.2 Å². The molecule has 0 amide bonds. The Kier molecular flexibility index (Phi) is 4.22. The maximum atomic E-state index is 12.2. The highest BCUT2D eigenvalue weighted by Gasteiger charge is 2.17. The second-order valence-corrected chi connectivity index (χ2v) is 6.36. The molecule has 1 aromatic carbocycles. The van der Waals surface area contributed by atoms with E-state index >= 15 is 0 Å². The Hall–Kier alpha value is -1.70. The zero-order chi connectivity index (χ0) is 14.8.